The molecule has 0 unspecified atom stereocenters. The molecule has 0 saturated heterocycles. The maximum Gasteiger partial charge on any atom is 0.243 e. The number of nitrogens with two attached hydrogens (primary N) is 1. The lowest BCUT2D eigenvalue weighted by molar-refractivity contribution is 0.185. The van der Waals surface area contributed by atoms with Crippen molar-refractivity contribution in [2.45, 2.75) is 60.5 Å². The third-order valence-electron chi connectivity index (χ3n) is 4.07. The molecular formula is C19H28N4O2. The molecule has 1 aromatic heterocycles. The summed E-state index contributed by atoms with van der Waals surface area (Å²) in [5.41, 5.74) is 12.7. The second kappa shape index (κ2) is 8.05. The molecule has 0 aliphatic carbocycles. The zero-order valence-electron chi connectivity index (χ0n) is 15.9. The molecule has 6 nitrogen and oxygen atoms in total. The van der Waals surface area contributed by atoms with E-state index in [4.69, 9.17) is 15.3 Å². The van der Waals surface area contributed by atoms with Gasteiger partial charge in [-0.3, -0.25) is 0 Å². The maximum absolute atomic E-state index is 6.18. The van der Waals surface area contributed by atoms with E-state index in [9.17, 15) is 0 Å². The minimum absolute atomic E-state index is 0.0759. The van der Waals surface area contributed by atoms with Crippen LogP contribution in [0.25, 0.3) is 0 Å². The number of anilines is 2. The zero-order valence-corrected chi connectivity index (χ0v) is 15.9. The van der Waals surface area contributed by atoms with E-state index in [1.54, 1.807) is 6.92 Å². The Morgan fingerprint density at radius 3 is 2.20 bits per heavy atom. The first-order chi connectivity index (χ1) is 11.8. The second-order valence-corrected chi connectivity index (χ2v) is 6.33. The lowest BCUT2D eigenvalue weighted by Gasteiger charge is -2.19. The highest BCUT2D eigenvalue weighted by atomic mass is 16.6. The highest BCUT2D eigenvalue weighted by molar-refractivity contribution is 5.66. The first-order valence-electron chi connectivity index (χ1n) is 8.67. The van der Waals surface area contributed by atoms with Gasteiger partial charge in [-0.1, -0.05) is 31.5 Å². The average molecular weight is 344 g/mol. The summed E-state index contributed by atoms with van der Waals surface area (Å²) in [6.07, 6.45) is 1.85. The number of ether oxygens (including phenoxy) is 1. The van der Waals surface area contributed by atoms with E-state index in [2.05, 4.69) is 48.4 Å². The van der Waals surface area contributed by atoms with Crippen LogP contribution in [0, 0.1) is 27.7 Å². The number of aromatic nitrogens is 2. The van der Waals surface area contributed by atoms with Gasteiger partial charge in [0, 0.05) is 0 Å². The molecule has 25 heavy (non-hydrogen) atoms. The average Bonchev–Trinajstić information content (AvgIpc) is 2.55. The van der Waals surface area contributed by atoms with Gasteiger partial charge in [-0.05, 0) is 51.7 Å². The molecular weight excluding hydrogens is 316 g/mol. The number of nitrogens with zero attached hydrogens (tertiary/aromatic N) is 2. The van der Waals surface area contributed by atoms with Crippen LogP contribution in [0.1, 0.15) is 49.2 Å². The first-order valence-corrected chi connectivity index (χ1v) is 8.67. The van der Waals surface area contributed by atoms with Crippen molar-refractivity contribution in [1.29, 1.82) is 0 Å². The fraction of sp³-hybridized carbons (Fsp3) is 0.474. The van der Waals surface area contributed by atoms with E-state index in [0.29, 0.717) is 23.2 Å². The number of benzene rings is 1. The molecule has 0 bridgehead atoms. The van der Waals surface area contributed by atoms with Gasteiger partial charge in [0.25, 0.3) is 0 Å². The quantitative estimate of drug-likeness (QED) is 0.730. The number of hydrogen-bond donors (Lipinski definition) is 2. The molecule has 3 N–H and O–H groups in total. The minimum atomic E-state index is 0.0759. The van der Waals surface area contributed by atoms with Crippen LogP contribution in [-0.2, 0) is 0 Å². The van der Waals surface area contributed by atoms with E-state index in [-0.39, 0.29) is 6.10 Å². The Kier molecular flexibility index (Phi) is 6.07. The monoisotopic (exact) mass is 344 g/mol. The first kappa shape index (κ1) is 18.8. The summed E-state index contributed by atoms with van der Waals surface area (Å²) < 4.78 is 5.91. The predicted molar refractivity (Wildman–Crippen MR) is 101 cm³/mol. The number of rotatable bonds is 7. The summed E-state index contributed by atoms with van der Waals surface area (Å²) in [5, 5.41) is 0. The van der Waals surface area contributed by atoms with Crippen LogP contribution < -0.4 is 20.8 Å². The molecule has 1 aromatic carbocycles. The summed E-state index contributed by atoms with van der Waals surface area (Å²) >= 11 is 0. The highest BCUT2D eigenvalue weighted by Gasteiger charge is 2.16. The molecule has 0 aliphatic heterocycles. The fourth-order valence-electron chi connectivity index (χ4n) is 2.76. The van der Waals surface area contributed by atoms with E-state index < -0.39 is 0 Å². The van der Waals surface area contributed by atoms with Crippen LogP contribution in [0.15, 0.2) is 12.1 Å². The Morgan fingerprint density at radius 1 is 1.04 bits per heavy atom. The lowest BCUT2D eigenvalue weighted by atomic mass is 10.1. The van der Waals surface area contributed by atoms with Gasteiger partial charge in [0.15, 0.2) is 11.6 Å². The van der Waals surface area contributed by atoms with Gasteiger partial charge < -0.3 is 15.3 Å². The number of nitrogens with one attached hydrogen (secondary N) is 1. The molecule has 0 aliphatic rings. The molecule has 0 amide bonds. The Morgan fingerprint density at radius 2 is 1.64 bits per heavy atom. The lowest BCUT2D eigenvalue weighted by Crippen LogP contribution is -2.18. The molecule has 2 rings (SSSR count). The zero-order chi connectivity index (χ0) is 18.6. The fourth-order valence-corrected chi connectivity index (χ4v) is 2.76. The third kappa shape index (κ3) is 4.53. The summed E-state index contributed by atoms with van der Waals surface area (Å²) in [5.74, 6) is 2.14. The van der Waals surface area contributed by atoms with Crippen LogP contribution in [-0.4, -0.2) is 16.1 Å². The van der Waals surface area contributed by atoms with Crippen LogP contribution >= 0.6 is 0 Å². The molecule has 0 saturated carbocycles. The molecule has 0 radical (unpaired) electrons. The normalized spacial score (nSPS) is 10.8. The van der Waals surface area contributed by atoms with Gasteiger partial charge >= 0.3 is 0 Å². The van der Waals surface area contributed by atoms with Crippen molar-refractivity contribution in [2.75, 3.05) is 11.2 Å². The molecule has 6 heteroatoms. The summed E-state index contributed by atoms with van der Waals surface area (Å²) in [7, 11) is 0. The molecule has 1 heterocycles. The van der Waals surface area contributed by atoms with Crippen molar-refractivity contribution in [3.05, 3.63) is 34.6 Å². The minimum Gasteiger partial charge on any atom is -0.473 e. The maximum atomic E-state index is 6.18. The van der Waals surface area contributed by atoms with Crippen molar-refractivity contribution >= 4 is 11.5 Å². The standard InChI is InChI=1S/C19H28N4O2/c1-7-15(8-2)24-19-16(20)18(21-14(6)22-19)23-25-17-12(4)9-11(3)10-13(17)5/h9-10,15H,7-8,20H2,1-6H3,(H,21,22,23). The number of hydrogen-bond acceptors (Lipinski definition) is 6. The molecule has 0 spiro atoms. The van der Waals surface area contributed by atoms with Gasteiger partial charge in [0.05, 0.1) is 0 Å². The Bertz CT molecular complexity index is 719. The second-order valence-electron chi connectivity index (χ2n) is 6.33. The van der Waals surface area contributed by atoms with Crippen LogP contribution in [0.2, 0.25) is 0 Å². The van der Waals surface area contributed by atoms with Crippen LogP contribution in [0.4, 0.5) is 11.5 Å². The van der Waals surface area contributed by atoms with E-state index in [0.717, 1.165) is 29.7 Å². The molecule has 0 atom stereocenters. The SMILES string of the molecule is CCC(CC)Oc1nc(C)nc(NOc2c(C)cc(C)cc2C)c1N. The van der Waals surface area contributed by atoms with Gasteiger partial charge in [0.1, 0.15) is 17.6 Å². The Balaban J connectivity index is 2.24. The van der Waals surface area contributed by atoms with E-state index in [1.165, 1.54) is 5.56 Å². The van der Waals surface area contributed by atoms with Crippen molar-refractivity contribution in [3.63, 3.8) is 0 Å². The van der Waals surface area contributed by atoms with Gasteiger partial charge in [-0.2, -0.15) is 4.98 Å². The topological polar surface area (TPSA) is 82.3 Å². The number of nitrogen functional groups attached to an aromatic ring is 1. The van der Waals surface area contributed by atoms with Gasteiger partial charge in [0.2, 0.25) is 5.88 Å². The van der Waals surface area contributed by atoms with Crippen LogP contribution in [0.3, 0.4) is 0 Å². The van der Waals surface area contributed by atoms with Gasteiger partial charge in [-0.15, -0.1) is 0 Å². The largest absolute Gasteiger partial charge is 0.473 e. The van der Waals surface area contributed by atoms with E-state index in [1.807, 2.05) is 13.8 Å². The van der Waals surface area contributed by atoms with Gasteiger partial charge in [-0.25, -0.2) is 10.5 Å². The summed E-state index contributed by atoms with van der Waals surface area (Å²) in [4.78, 5) is 14.4. The highest BCUT2D eigenvalue weighted by Crippen LogP contribution is 2.30. The van der Waals surface area contributed by atoms with Crippen molar-refractivity contribution in [1.82, 2.24) is 9.97 Å². The third-order valence-corrected chi connectivity index (χ3v) is 4.07. The predicted octanol–water partition coefficient (Wildman–Crippen LogP) is 4.27. The summed E-state index contributed by atoms with van der Waals surface area (Å²) in [6, 6.07) is 4.14. The van der Waals surface area contributed by atoms with E-state index >= 15 is 0 Å². The van der Waals surface area contributed by atoms with Crippen LogP contribution in [0.5, 0.6) is 11.6 Å². The summed E-state index contributed by atoms with van der Waals surface area (Å²) in [6.45, 7) is 12.0. The Hall–Kier alpha value is -2.50. The van der Waals surface area contributed by atoms with Crippen molar-refractivity contribution in [3.8, 4) is 11.6 Å². The number of aryl methyl sites for hydroxylation is 4. The molecule has 136 valence electrons. The van der Waals surface area contributed by atoms with Crippen molar-refractivity contribution in [2.24, 2.45) is 0 Å². The van der Waals surface area contributed by atoms with Crippen molar-refractivity contribution < 1.29 is 9.57 Å². The smallest absolute Gasteiger partial charge is 0.243 e. The molecule has 2 aromatic rings. The molecule has 0 fully saturated rings. The Labute approximate surface area is 149 Å².